The van der Waals surface area contributed by atoms with E-state index < -0.39 is 5.97 Å². The van der Waals surface area contributed by atoms with Crippen molar-refractivity contribution in [3.05, 3.63) is 47.3 Å². The summed E-state index contributed by atoms with van der Waals surface area (Å²) in [7, 11) is 0. The maximum Gasteiger partial charge on any atom is 0.354 e. The van der Waals surface area contributed by atoms with Crippen molar-refractivity contribution in [2.75, 3.05) is 0 Å². The third kappa shape index (κ3) is 1.90. The van der Waals surface area contributed by atoms with Crippen LogP contribution in [0.5, 0.6) is 0 Å². The number of aromatic nitrogens is 2. The number of rotatable bonds is 3. The summed E-state index contributed by atoms with van der Waals surface area (Å²) in [5.74, 6) is -0.482. The molecule has 0 amide bonds. The third-order valence-corrected chi connectivity index (χ3v) is 3.22. The quantitative estimate of drug-likeness (QED) is 0.900. The zero-order valence-corrected chi connectivity index (χ0v) is 10.1. The average Bonchev–Trinajstić information content (AvgIpc) is 3.09. The Kier molecular flexibility index (Phi) is 2.44. The van der Waals surface area contributed by atoms with Gasteiger partial charge in [-0.3, -0.25) is 0 Å². The van der Waals surface area contributed by atoms with Crippen LogP contribution in [0.2, 0.25) is 0 Å². The largest absolute Gasteiger partial charge is 0.477 e. The molecule has 1 aromatic carbocycles. The maximum absolute atomic E-state index is 11.3. The molecule has 1 fully saturated rings. The van der Waals surface area contributed by atoms with Crippen molar-refractivity contribution in [1.82, 2.24) is 9.78 Å². The van der Waals surface area contributed by atoms with Gasteiger partial charge in [-0.25, -0.2) is 9.48 Å². The lowest BCUT2D eigenvalue weighted by Gasteiger charge is -2.04. The molecular formula is C14H14N2O2. The molecule has 0 spiro atoms. The number of carboxylic acid groups (broad SMARTS) is 1. The fraction of sp³-hybridized carbons (Fsp3) is 0.286. The second-order valence-electron chi connectivity index (χ2n) is 4.78. The summed E-state index contributed by atoms with van der Waals surface area (Å²) in [6, 6.07) is 9.40. The SMILES string of the molecule is Cc1ccc(-n2nc(C3CC3)cc2C(=O)O)cc1. The summed E-state index contributed by atoms with van der Waals surface area (Å²) in [5, 5.41) is 13.7. The van der Waals surface area contributed by atoms with Crippen molar-refractivity contribution >= 4 is 5.97 Å². The third-order valence-electron chi connectivity index (χ3n) is 3.22. The first kappa shape index (κ1) is 11.0. The zero-order chi connectivity index (χ0) is 12.7. The van der Waals surface area contributed by atoms with Crippen molar-refractivity contribution < 1.29 is 9.90 Å². The Labute approximate surface area is 105 Å². The summed E-state index contributed by atoms with van der Waals surface area (Å²) < 4.78 is 1.52. The Bertz CT molecular complexity index is 595. The fourth-order valence-electron chi connectivity index (χ4n) is 2.01. The number of hydrogen-bond acceptors (Lipinski definition) is 2. The van der Waals surface area contributed by atoms with E-state index in [1.807, 2.05) is 31.2 Å². The lowest BCUT2D eigenvalue weighted by molar-refractivity contribution is 0.0687. The van der Waals surface area contributed by atoms with Gasteiger partial charge < -0.3 is 5.11 Å². The van der Waals surface area contributed by atoms with Crippen LogP contribution < -0.4 is 0 Å². The standard InChI is InChI=1S/C14H14N2O2/c1-9-2-6-11(7-3-9)16-13(14(17)18)8-12(15-16)10-4-5-10/h2-3,6-8,10H,4-5H2,1H3,(H,17,18). The van der Waals surface area contributed by atoms with Crippen molar-refractivity contribution in [2.45, 2.75) is 25.7 Å². The number of aryl methyl sites for hydroxylation is 1. The monoisotopic (exact) mass is 242 g/mol. The Hall–Kier alpha value is -2.10. The molecule has 1 saturated carbocycles. The first-order valence-electron chi connectivity index (χ1n) is 6.05. The van der Waals surface area contributed by atoms with Crippen LogP contribution in [-0.4, -0.2) is 20.9 Å². The highest BCUT2D eigenvalue weighted by Gasteiger charge is 2.28. The maximum atomic E-state index is 11.3. The van der Waals surface area contributed by atoms with Gasteiger partial charge in [0.05, 0.1) is 11.4 Å². The Morgan fingerprint density at radius 3 is 2.56 bits per heavy atom. The first-order chi connectivity index (χ1) is 8.65. The van der Waals surface area contributed by atoms with Crippen LogP contribution in [-0.2, 0) is 0 Å². The molecule has 4 nitrogen and oxygen atoms in total. The molecular weight excluding hydrogens is 228 g/mol. The lowest BCUT2D eigenvalue weighted by Crippen LogP contribution is -2.07. The van der Waals surface area contributed by atoms with Gasteiger partial charge in [0, 0.05) is 5.92 Å². The molecule has 3 rings (SSSR count). The van der Waals surface area contributed by atoms with Crippen LogP contribution in [0.25, 0.3) is 5.69 Å². The van der Waals surface area contributed by atoms with E-state index in [0.717, 1.165) is 29.8 Å². The van der Waals surface area contributed by atoms with E-state index in [0.29, 0.717) is 5.92 Å². The van der Waals surface area contributed by atoms with E-state index in [1.165, 1.54) is 4.68 Å². The van der Waals surface area contributed by atoms with Crippen LogP contribution in [0.4, 0.5) is 0 Å². The number of hydrogen-bond donors (Lipinski definition) is 1. The molecule has 1 aliphatic carbocycles. The van der Waals surface area contributed by atoms with Crippen molar-refractivity contribution in [3.63, 3.8) is 0 Å². The van der Waals surface area contributed by atoms with Gasteiger partial charge in [0.2, 0.25) is 0 Å². The van der Waals surface area contributed by atoms with Crippen LogP contribution in [0.15, 0.2) is 30.3 Å². The minimum atomic E-state index is -0.935. The van der Waals surface area contributed by atoms with E-state index in [2.05, 4.69) is 5.10 Å². The molecule has 0 bridgehead atoms. The highest BCUT2D eigenvalue weighted by atomic mass is 16.4. The molecule has 2 aromatic rings. The van der Waals surface area contributed by atoms with Gasteiger partial charge in [-0.05, 0) is 38.0 Å². The molecule has 0 saturated heterocycles. The van der Waals surface area contributed by atoms with Crippen LogP contribution in [0.3, 0.4) is 0 Å². The van der Waals surface area contributed by atoms with Gasteiger partial charge in [-0.2, -0.15) is 5.10 Å². The second-order valence-corrected chi connectivity index (χ2v) is 4.78. The molecule has 0 aliphatic heterocycles. The van der Waals surface area contributed by atoms with Gasteiger partial charge in [0.15, 0.2) is 5.69 Å². The van der Waals surface area contributed by atoms with Crippen molar-refractivity contribution in [1.29, 1.82) is 0 Å². The highest BCUT2D eigenvalue weighted by molar-refractivity contribution is 5.86. The smallest absolute Gasteiger partial charge is 0.354 e. The van der Waals surface area contributed by atoms with Gasteiger partial charge >= 0.3 is 5.97 Å². The van der Waals surface area contributed by atoms with E-state index in [9.17, 15) is 9.90 Å². The molecule has 92 valence electrons. The molecule has 1 N–H and O–H groups in total. The highest BCUT2D eigenvalue weighted by Crippen LogP contribution is 2.39. The summed E-state index contributed by atoms with van der Waals surface area (Å²) in [4.78, 5) is 11.3. The predicted octanol–water partition coefficient (Wildman–Crippen LogP) is 2.76. The molecule has 1 heterocycles. The van der Waals surface area contributed by atoms with E-state index in [4.69, 9.17) is 0 Å². The predicted molar refractivity (Wildman–Crippen MR) is 67.2 cm³/mol. The summed E-state index contributed by atoms with van der Waals surface area (Å²) in [6.45, 7) is 2.00. The van der Waals surface area contributed by atoms with E-state index in [1.54, 1.807) is 6.07 Å². The van der Waals surface area contributed by atoms with Gasteiger partial charge in [-0.15, -0.1) is 0 Å². The molecule has 4 heteroatoms. The molecule has 0 atom stereocenters. The van der Waals surface area contributed by atoms with E-state index >= 15 is 0 Å². The summed E-state index contributed by atoms with van der Waals surface area (Å²) >= 11 is 0. The van der Waals surface area contributed by atoms with Crippen molar-refractivity contribution in [2.24, 2.45) is 0 Å². The Morgan fingerprint density at radius 2 is 2.00 bits per heavy atom. The number of carbonyl (C=O) groups is 1. The van der Waals surface area contributed by atoms with Crippen LogP contribution in [0.1, 0.15) is 40.5 Å². The minimum absolute atomic E-state index is 0.237. The first-order valence-corrected chi connectivity index (χ1v) is 6.05. The van der Waals surface area contributed by atoms with Crippen molar-refractivity contribution in [3.8, 4) is 5.69 Å². The number of benzene rings is 1. The van der Waals surface area contributed by atoms with Crippen LogP contribution in [0, 0.1) is 6.92 Å². The second kappa shape index (κ2) is 3.98. The summed E-state index contributed by atoms with van der Waals surface area (Å²) in [5.41, 5.74) is 3.07. The normalized spacial score (nSPS) is 14.7. The van der Waals surface area contributed by atoms with E-state index in [-0.39, 0.29) is 5.69 Å². The molecule has 18 heavy (non-hydrogen) atoms. The topological polar surface area (TPSA) is 55.1 Å². The zero-order valence-electron chi connectivity index (χ0n) is 10.1. The number of carboxylic acids is 1. The summed E-state index contributed by atoms with van der Waals surface area (Å²) in [6.07, 6.45) is 2.23. The molecule has 1 aliphatic rings. The Morgan fingerprint density at radius 1 is 1.33 bits per heavy atom. The fourth-order valence-corrected chi connectivity index (χ4v) is 2.01. The molecule has 0 radical (unpaired) electrons. The van der Waals surface area contributed by atoms with Gasteiger partial charge in [0.1, 0.15) is 0 Å². The molecule has 1 aromatic heterocycles. The number of aromatic carboxylic acids is 1. The van der Waals surface area contributed by atoms with Gasteiger partial charge in [-0.1, -0.05) is 17.7 Å². The average molecular weight is 242 g/mol. The van der Waals surface area contributed by atoms with Crippen LogP contribution >= 0.6 is 0 Å². The van der Waals surface area contributed by atoms with Gasteiger partial charge in [0.25, 0.3) is 0 Å². The molecule has 0 unspecified atom stereocenters. The lowest BCUT2D eigenvalue weighted by atomic mass is 10.2. The number of nitrogens with zero attached hydrogens (tertiary/aromatic N) is 2. The Balaban J connectivity index is 2.08. The minimum Gasteiger partial charge on any atom is -0.477 e.